The molecule has 35 heavy (non-hydrogen) atoms. The third-order valence-corrected chi connectivity index (χ3v) is 6.86. The minimum atomic E-state index is -0.572. The first-order valence-corrected chi connectivity index (χ1v) is 13.4. The second-order valence-corrected chi connectivity index (χ2v) is 9.97. The lowest BCUT2D eigenvalue weighted by atomic mass is 10.0. The first-order chi connectivity index (χ1) is 17.0. The van der Waals surface area contributed by atoms with Crippen LogP contribution >= 0.6 is 11.8 Å². The Labute approximate surface area is 214 Å². The van der Waals surface area contributed by atoms with Crippen LogP contribution in [0.4, 0.5) is 0 Å². The topological polar surface area (TPSA) is 49.4 Å². The molecule has 0 aliphatic heterocycles. The van der Waals surface area contributed by atoms with Gasteiger partial charge in [-0.25, -0.2) is 0 Å². The first-order valence-electron chi connectivity index (χ1n) is 12.3. The number of rotatable bonds is 12. The predicted octanol–water partition coefficient (Wildman–Crippen LogP) is 5.70. The third-order valence-electron chi connectivity index (χ3n) is 5.87. The lowest BCUT2D eigenvalue weighted by Gasteiger charge is -2.31. The number of thioether (sulfide) groups is 1. The van der Waals surface area contributed by atoms with Gasteiger partial charge in [0.25, 0.3) is 0 Å². The number of nitrogens with one attached hydrogen (secondary N) is 1. The van der Waals surface area contributed by atoms with Gasteiger partial charge in [-0.1, -0.05) is 96.9 Å². The van der Waals surface area contributed by atoms with Crippen molar-refractivity contribution in [2.24, 2.45) is 0 Å². The Morgan fingerprint density at radius 2 is 1.57 bits per heavy atom. The van der Waals surface area contributed by atoms with Crippen molar-refractivity contribution in [2.45, 2.75) is 52.0 Å². The summed E-state index contributed by atoms with van der Waals surface area (Å²) < 4.78 is 0. The van der Waals surface area contributed by atoms with E-state index in [0.29, 0.717) is 25.3 Å². The first kappa shape index (κ1) is 26.6. The molecule has 0 bridgehead atoms. The fourth-order valence-corrected chi connectivity index (χ4v) is 4.82. The molecule has 0 unspecified atom stereocenters. The van der Waals surface area contributed by atoms with Crippen molar-refractivity contribution in [1.29, 1.82) is 0 Å². The van der Waals surface area contributed by atoms with Crippen LogP contribution in [-0.2, 0) is 28.3 Å². The van der Waals surface area contributed by atoms with Gasteiger partial charge in [0.05, 0.1) is 5.75 Å². The molecule has 0 saturated carbocycles. The maximum absolute atomic E-state index is 13.6. The van der Waals surface area contributed by atoms with Gasteiger partial charge in [-0.2, -0.15) is 0 Å². The predicted molar refractivity (Wildman–Crippen MR) is 146 cm³/mol. The Balaban J connectivity index is 1.82. The molecule has 1 atom stereocenters. The normalized spacial score (nSPS) is 11.6. The Morgan fingerprint density at radius 3 is 2.26 bits per heavy atom. The smallest absolute Gasteiger partial charge is 0.243 e. The van der Waals surface area contributed by atoms with Gasteiger partial charge in [-0.3, -0.25) is 9.59 Å². The van der Waals surface area contributed by atoms with Gasteiger partial charge in [0.1, 0.15) is 6.04 Å². The van der Waals surface area contributed by atoms with Gasteiger partial charge in [0, 0.05) is 25.3 Å². The lowest BCUT2D eigenvalue weighted by molar-refractivity contribution is -0.139. The summed E-state index contributed by atoms with van der Waals surface area (Å²) in [5.41, 5.74) is 5.63. The second kappa shape index (κ2) is 13.7. The van der Waals surface area contributed by atoms with Crippen LogP contribution in [0.15, 0.2) is 78.9 Å². The lowest BCUT2D eigenvalue weighted by Crippen LogP contribution is -2.51. The summed E-state index contributed by atoms with van der Waals surface area (Å²) >= 11 is 1.59. The molecule has 1 N–H and O–H groups in total. The van der Waals surface area contributed by atoms with E-state index in [2.05, 4.69) is 42.6 Å². The van der Waals surface area contributed by atoms with Crippen LogP contribution < -0.4 is 5.32 Å². The highest BCUT2D eigenvalue weighted by Crippen LogP contribution is 2.19. The molecular weight excluding hydrogens is 452 g/mol. The van der Waals surface area contributed by atoms with E-state index in [1.807, 2.05) is 62.4 Å². The molecule has 0 spiro atoms. The minimum absolute atomic E-state index is 0.0174. The number of carbonyl (C=O) groups is 2. The molecule has 2 amide bonds. The zero-order valence-electron chi connectivity index (χ0n) is 21.0. The number of carbonyl (C=O) groups excluding carboxylic acids is 2. The fourth-order valence-electron chi connectivity index (χ4n) is 3.95. The van der Waals surface area contributed by atoms with Crippen molar-refractivity contribution in [3.8, 4) is 0 Å². The molecule has 3 aromatic rings. The highest BCUT2D eigenvalue weighted by molar-refractivity contribution is 7.99. The number of hydrogen-bond acceptors (Lipinski definition) is 3. The zero-order valence-corrected chi connectivity index (χ0v) is 21.8. The van der Waals surface area contributed by atoms with E-state index in [-0.39, 0.29) is 11.8 Å². The molecule has 5 heteroatoms. The van der Waals surface area contributed by atoms with Crippen LogP contribution in [0.25, 0.3) is 0 Å². The fraction of sp³-hybridized carbons (Fsp3) is 0.333. The quantitative estimate of drug-likeness (QED) is 0.356. The van der Waals surface area contributed by atoms with Crippen molar-refractivity contribution < 1.29 is 9.59 Å². The van der Waals surface area contributed by atoms with E-state index in [4.69, 9.17) is 0 Å². The van der Waals surface area contributed by atoms with Gasteiger partial charge < -0.3 is 10.2 Å². The van der Waals surface area contributed by atoms with Crippen LogP contribution in [0.1, 0.15) is 41.2 Å². The Morgan fingerprint density at radius 1 is 0.857 bits per heavy atom. The number of hydrogen-bond donors (Lipinski definition) is 1. The van der Waals surface area contributed by atoms with E-state index >= 15 is 0 Å². The van der Waals surface area contributed by atoms with Crippen molar-refractivity contribution in [2.75, 3.05) is 12.3 Å². The summed E-state index contributed by atoms with van der Waals surface area (Å²) in [6.45, 7) is 7.15. The van der Waals surface area contributed by atoms with E-state index in [0.717, 1.165) is 28.9 Å². The Hall–Kier alpha value is -3.05. The molecule has 3 aromatic carbocycles. The van der Waals surface area contributed by atoms with Crippen molar-refractivity contribution >= 4 is 23.6 Å². The highest BCUT2D eigenvalue weighted by Gasteiger charge is 2.30. The van der Waals surface area contributed by atoms with Crippen LogP contribution in [0.5, 0.6) is 0 Å². The number of nitrogens with zero attached hydrogens (tertiary/aromatic N) is 1. The van der Waals surface area contributed by atoms with Crippen molar-refractivity contribution in [3.05, 3.63) is 107 Å². The molecule has 0 heterocycles. The molecule has 4 nitrogen and oxygen atoms in total. The summed E-state index contributed by atoms with van der Waals surface area (Å²) in [5.74, 6) is 0.971. The van der Waals surface area contributed by atoms with Crippen molar-refractivity contribution in [1.82, 2.24) is 10.2 Å². The number of amides is 2. The molecular formula is C30H36N2O2S. The third kappa shape index (κ3) is 8.59. The van der Waals surface area contributed by atoms with Gasteiger partial charge >= 0.3 is 0 Å². The molecule has 0 fully saturated rings. The van der Waals surface area contributed by atoms with Crippen LogP contribution in [0.2, 0.25) is 0 Å². The molecule has 0 aliphatic carbocycles. The van der Waals surface area contributed by atoms with E-state index in [1.54, 1.807) is 16.7 Å². The largest absolute Gasteiger partial charge is 0.354 e. The maximum atomic E-state index is 13.6. The summed E-state index contributed by atoms with van der Waals surface area (Å²) in [4.78, 5) is 28.7. The molecule has 0 aromatic heterocycles. The number of aryl methyl sites for hydroxylation is 2. The highest BCUT2D eigenvalue weighted by atomic mass is 32.2. The minimum Gasteiger partial charge on any atom is -0.354 e. The van der Waals surface area contributed by atoms with Crippen LogP contribution in [0, 0.1) is 13.8 Å². The van der Waals surface area contributed by atoms with Crippen molar-refractivity contribution in [3.63, 3.8) is 0 Å². The van der Waals surface area contributed by atoms with Gasteiger partial charge in [0.2, 0.25) is 11.8 Å². The van der Waals surface area contributed by atoms with Gasteiger partial charge in [-0.15, -0.1) is 11.8 Å². The molecule has 0 saturated heterocycles. The summed E-state index contributed by atoms with van der Waals surface area (Å²) in [6.07, 6.45) is 1.33. The SMILES string of the molecule is CCCNC(=O)[C@@H](Cc1ccccc1)N(Cc1cccc(C)c1)C(=O)CSCc1ccc(C)cc1. The molecule has 0 radical (unpaired) electrons. The van der Waals surface area contributed by atoms with E-state index in [9.17, 15) is 9.59 Å². The summed E-state index contributed by atoms with van der Waals surface area (Å²) in [5, 5.41) is 3.03. The molecule has 0 aliphatic rings. The standard InChI is InChI=1S/C30H36N2O2S/c1-4-17-31-30(34)28(19-25-10-6-5-7-11-25)32(20-27-12-8-9-24(3)18-27)29(33)22-35-21-26-15-13-23(2)14-16-26/h5-16,18,28H,4,17,19-22H2,1-3H3,(H,31,34)/t28-/m1/s1. The Bertz CT molecular complexity index is 1080. The van der Waals surface area contributed by atoms with Gasteiger partial charge in [0.15, 0.2) is 0 Å². The number of benzene rings is 3. The van der Waals surface area contributed by atoms with E-state index in [1.165, 1.54) is 11.1 Å². The second-order valence-electron chi connectivity index (χ2n) is 8.99. The molecule has 184 valence electrons. The van der Waals surface area contributed by atoms with Gasteiger partial charge in [-0.05, 0) is 37.0 Å². The monoisotopic (exact) mass is 488 g/mol. The summed E-state index contributed by atoms with van der Waals surface area (Å²) in [7, 11) is 0. The Kier molecular flexibility index (Phi) is 10.4. The summed E-state index contributed by atoms with van der Waals surface area (Å²) in [6, 6.07) is 25.9. The van der Waals surface area contributed by atoms with Crippen LogP contribution in [0.3, 0.4) is 0 Å². The van der Waals surface area contributed by atoms with E-state index < -0.39 is 6.04 Å². The maximum Gasteiger partial charge on any atom is 0.243 e. The molecule has 3 rings (SSSR count). The zero-order chi connectivity index (χ0) is 25.0. The average molecular weight is 489 g/mol. The average Bonchev–Trinajstić information content (AvgIpc) is 2.86. The van der Waals surface area contributed by atoms with Crippen LogP contribution in [-0.4, -0.2) is 35.1 Å².